The Balaban J connectivity index is 1.29. The quantitative estimate of drug-likeness (QED) is 0.536. The SMILES string of the molecule is O=C1NC(=Cc2ccc(OCc3ccc(Cl)cc3Cl)cc2)C(=O)N2Cc3ccccc3C[C@@H]12. The molecule has 1 fully saturated rings. The van der Waals surface area contributed by atoms with Gasteiger partial charge in [-0.05, 0) is 47.0 Å². The summed E-state index contributed by atoms with van der Waals surface area (Å²) in [5, 5.41) is 3.92. The molecular formula is C26H20Cl2N2O3. The van der Waals surface area contributed by atoms with Crippen molar-refractivity contribution in [1.29, 1.82) is 0 Å². The van der Waals surface area contributed by atoms with E-state index < -0.39 is 6.04 Å². The van der Waals surface area contributed by atoms with Gasteiger partial charge in [0.2, 0.25) is 5.91 Å². The summed E-state index contributed by atoms with van der Waals surface area (Å²) >= 11 is 12.1. The van der Waals surface area contributed by atoms with E-state index in [1.54, 1.807) is 23.1 Å². The lowest BCUT2D eigenvalue weighted by molar-refractivity contribution is -0.143. The highest BCUT2D eigenvalue weighted by molar-refractivity contribution is 6.35. The molecule has 0 radical (unpaired) electrons. The van der Waals surface area contributed by atoms with Gasteiger partial charge in [0, 0.05) is 28.6 Å². The molecule has 2 aliphatic heterocycles. The fourth-order valence-electron chi connectivity index (χ4n) is 4.12. The predicted octanol–water partition coefficient (Wildman–Crippen LogP) is 5.00. The van der Waals surface area contributed by atoms with Crippen LogP contribution in [0.15, 0.2) is 72.4 Å². The number of hydrogen-bond donors (Lipinski definition) is 1. The van der Waals surface area contributed by atoms with Gasteiger partial charge < -0.3 is 15.0 Å². The fraction of sp³-hybridized carbons (Fsp3) is 0.154. The molecule has 3 aromatic carbocycles. The molecule has 5 nitrogen and oxygen atoms in total. The largest absolute Gasteiger partial charge is 0.489 e. The molecule has 5 rings (SSSR count). The smallest absolute Gasteiger partial charge is 0.271 e. The number of ether oxygens (including phenoxy) is 1. The Hall–Kier alpha value is -3.28. The van der Waals surface area contributed by atoms with Crippen LogP contribution in [0.1, 0.15) is 22.3 Å². The van der Waals surface area contributed by atoms with Crippen LogP contribution >= 0.6 is 23.2 Å². The summed E-state index contributed by atoms with van der Waals surface area (Å²) in [6.07, 6.45) is 2.22. The van der Waals surface area contributed by atoms with Crippen molar-refractivity contribution in [2.45, 2.75) is 25.6 Å². The van der Waals surface area contributed by atoms with Gasteiger partial charge in [0.25, 0.3) is 5.91 Å². The Morgan fingerprint density at radius 2 is 1.76 bits per heavy atom. The minimum Gasteiger partial charge on any atom is -0.489 e. The maximum Gasteiger partial charge on any atom is 0.271 e. The Bertz CT molecular complexity index is 1270. The van der Waals surface area contributed by atoms with Gasteiger partial charge >= 0.3 is 0 Å². The summed E-state index contributed by atoms with van der Waals surface area (Å²) in [4.78, 5) is 27.5. The lowest BCUT2D eigenvalue weighted by Gasteiger charge is -2.39. The highest BCUT2D eigenvalue weighted by Crippen LogP contribution is 2.28. The van der Waals surface area contributed by atoms with Gasteiger partial charge in [0.05, 0.1) is 0 Å². The standard InChI is InChI=1S/C26H20Cl2N2O3/c27-20-8-7-19(22(28)13-20)15-33-21-9-5-16(6-10-21)11-23-26(32)30-14-18-4-2-1-3-17(18)12-24(30)25(31)29-23/h1-11,13,24H,12,14-15H2,(H,29,31)/t24-/m0/s1. The number of piperazine rings is 1. The first kappa shape index (κ1) is 21.6. The van der Waals surface area contributed by atoms with E-state index in [0.717, 1.165) is 22.3 Å². The van der Waals surface area contributed by atoms with Crippen molar-refractivity contribution in [3.8, 4) is 5.75 Å². The Morgan fingerprint density at radius 3 is 2.52 bits per heavy atom. The first-order valence-electron chi connectivity index (χ1n) is 10.5. The highest BCUT2D eigenvalue weighted by Gasteiger charge is 2.40. The number of rotatable bonds is 4. The van der Waals surface area contributed by atoms with Crippen molar-refractivity contribution >= 4 is 41.1 Å². The maximum atomic E-state index is 13.1. The average molecular weight is 479 g/mol. The number of benzene rings is 3. The van der Waals surface area contributed by atoms with Crippen molar-refractivity contribution < 1.29 is 14.3 Å². The zero-order valence-corrected chi connectivity index (χ0v) is 19.1. The van der Waals surface area contributed by atoms with Gasteiger partial charge in [-0.15, -0.1) is 0 Å². The number of fused-ring (bicyclic) bond motifs is 2. The second-order valence-electron chi connectivity index (χ2n) is 8.06. The van der Waals surface area contributed by atoms with Crippen LogP contribution in [0.5, 0.6) is 5.75 Å². The van der Waals surface area contributed by atoms with E-state index in [1.165, 1.54) is 0 Å². The van der Waals surface area contributed by atoms with Crippen molar-refractivity contribution in [2.24, 2.45) is 0 Å². The molecule has 2 heterocycles. The van der Waals surface area contributed by atoms with Gasteiger partial charge in [0.15, 0.2) is 0 Å². The number of nitrogens with zero attached hydrogens (tertiary/aromatic N) is 1. The molecule has 2 aliphatic rings. The first-order chi connectivity index (χ1) is 16.0. The molecular weight excluding hydrogens is 459 g/mol. The molecule has 0 aromatic heterocycles. The molecule has 2 amide bonds. The first-order valence-corrected chi connectivity index (χ1v) is 11.3. The van der Waals surface area contributed by atoms with Crippen LogP contribution in [0.2, 0.25) is 10.0 Å². The van der Waals surface area contributed by atoms with Crippen LogP contribution in [0.4, 0.5) is 0 Å². The summed E-state index contributed by atoms with van der Waals surface area (Å²) in [6, 6.07) is 20.0. The van der Waals surface area contributed by atoms with Crippen LogP contribution in [-0.2, 0) is 29.2 Å². The monoisotopic (exact) mass is 478 g/mol. The molecule has 0 aliphatic carbocycles. The van der Waals surface area contributed by atoms with Crippen LogP contribution in [0.3, 0.4) is 0 Å². The molecule has 7 heteroatoms. The highest BCUT2D eigenvalue weighted by atomic mass is 35.5. The summed E-state index contributed by atoms with van der Waals surface area (Å²) in [6.45, 7) is 0.743. The van der Waals surface area contributed by atoms with E-state index in [1.807, 2.05) is 54.6 Å². The minimum atomic E-state index is -0.472. The summed E-state index contributed by atoms with van der Waals surface area (Å²) in [5.74, 6) is 0.330. The number of nitrogens with one attached hydrogen (secondary N) is 1. The van der Waals surface area contributed by atoms with E-state index in [4.69, 9.17) is 27.9 Å². The molecule has 0 unspecified atom stereocenters. The maximum absolute atomic E-state index is 13.1. The van der Waals surface area contributed by atoms with E-state index in [-0.39, 0.29) is 17.5 Å². The molecule has 33 heavy (non-hydrogen) atoms. The van der Waals surface area contributed by atoms with Crippen LogP contribution in [-0.4, -0.2) is 22.8 Å². The fourth-order valence-corrected chi connectivity index (χ4v) is 4.58. The van der Waals surface area contributed by atoms with Crippen molar-refractivity contribution in [3.63, 3.8) is 0 Å². The molecule has 0 spiro atoms. The number of carbonyl (C=O) groups excluding carboxylic acids is 2. The number of hydrogen-bond acceptors (Lipinski definition) is 3. The second kappa shape index (κ2) is 8.93. The van der Waals surface area contributed by atoms with Gasteiger partial charge in [-0.1, -0.05) is 65.7 Å². The normalized spacial score (nSPS) is 18.5. The molecule has 166 valence electrons. The Kier molecular flexibility index (Phi) is 5.83. The summed E-state index contributed by atoms with van der Waals surface area (Å²) in [5.41, 5.74) is 4.09. The van der Waals surface area contributed by atoms with Crippen LogP contribution in [0, 0.1) is 0 Å². The minimum absolute atomic E-state index is 0.157. The van der Waals surface area contributed by atoms with Crippen LogP contribution < -0.4 is 10.1 Å². The number of carbonyl (C=O) groups is 2. The van der Waals surface area contributed by atoms with Crippen molar-refractivity contribution in [2.75, 3.05) is 0 Å². The van der Waals surface area contributed by atoms with Gasteiger partial charge in [0.1, 0.15) is 24.1 Å². The van der Waals surface area contributed by atoms with Crippen molar-refractivity contribution in [1.82, 2.24) is 10.2 Å². The van der Waals surface area contributed by atoms with Crippen molar-refractivity contribution in [3.05, 3.63) is 105 Å². The van der Waals surface area contributed by atoms with Gasteiger partial charge in [-0.2, -0.15) is 0 Å². The Morgan fingerprint density at radius 1 is 1.00 bits per heavy atom. The lowest BCUT2D eigenvalue weighted by Crippen LogP contribution is -2.58. The van der Waals surface area contributed by atoms with E-state index in [9.17, 15) is 9.59 Å². The molecule has 1 saturated heterocycles. The van der Waals surface area contributed by atoms with E-state index >= 15 is 0 Å². The number of amides is 2. The zero-order valence-electron chi connectivity index (χ0n) is 17.6. The third-order valence-corrected chi connectivity index (χ3v) is 6.49. The van der Waals surface area contributed by atoms with Gasteiger partial charge in [-0.25, -0.2) is 0 Å². The third kappa shape index (κ3) is 4.47. The van der Waals surface area contributed by atoms with Gasteiger partial charge in [-0.3, -0.25) is 9.59 Å². The molecule has 3 aromatic rings. The predicted molar refractivity (Wildman–Crippen MR) is 128 cm³/mol. The van der Waals surface area contributed by atoms with E-state index in [2.05, 4.69) is 5.32 Å². The number of halogens is 2. The molecule has 0 bridgehead atoms. The molecule has 0 saturated carbocycles. The topological polar surface area (TPSA) is 58.6 Å². The molecule has 1 N–H and O–H groups in total. The summed E-state index contributed by atoms with van der Waals surface area (Å²) in [7, 11) is 0. The second-order valence-corrected chi connectivity index (χ2v) is 8.91. The molecule has 1 atom stereocenters. The van der Waals surface area contributed by atoms with E-state index in [0.29, 0.717) is 35.4 Å². The summed E-state index contributed by atoms with van der Waals surface area (Å²) < 4.78 is 5.81. The third-order valence-electron chi connectivity index (χ3n) is 5.90. The average Bonchev–Trinajstić information content (AvgIpc) is 2.82. The van der Waals surface area contributed by atoms with Crippen LogP contribution in [0.25, 0.3) is 6.08 Å². The zero-order chi connectivity index (χ0) is 22.9. The Labute approximate surface area is 201 Å². The lowest BCUT2D eigenvalue weighted by atomic mass is 9.91.